The van der Waals surface area contributed by atoms with Crippen molar-refractivity contribution < 1.29 is 26.4 Å². The molecule has 6 nitrogen and oxygen atoms in total. The second-order valence-corrected chi connectivity index (χ2v) is 7.46. The van der Waals surface area contributed by atoms with E-state index in [-0.39, 0.29) is 19.0 Å². The first-order valence-electron chi connectivity index (χ1n) is 7.66. The molecule has 0 aromatic heterocycles. The van der Waals surface area contributed by atoms with Gasteiger partial charge in [-0.25, -0.2) is 13.1 Å². The SMILES string of the molecule is CCC(N)(CC)CNC(=O)CNS(=O)(=O)c1cccc(C(F)(F)F)c1.Cl. The first-order chi connectivity index (χ1) is 11.4. The Balaban J connectivity index is 0.00000625. The maximum atomic E-state index is 12.7. The van der Waals surface area contributed by atoms with Crippen molar-refractivity contribution in [1.29, 1.82) is 0 Å². The predicted octanol–water partition coefficient (Wildman–Crippen LogP) is 2.04. The maximum absolute atomic E-state index is 12.7. The van der Waals surface area contributed by atoms with Crippen LogP contribution in [-0.2, 0) is 21.0 Å². The smallest absolute Gasteiger partial charge is 0.353 e. The normalized spacial score (nSPS) is 12.4. The summed E-state index contributed by atoms with van der Waals surface area (Å²) >= 11 is 0. The van der Waals surface area contributed by atoms with E-state index in [1.165, 1.54) is 0 Å². The monoisotopic (exact) mass is 417 g/mol. The molecule has 0 aliphatic carbocycles. The van der Waals surface area contributed by atoms with Crippen LogP contribution in [-0.4, -0.2) is 33.0 Å². The molecule has 0 aliphatic rings. The van der Waals surface area contributed by atoms with E-state index < -0.39 is 44.6 Å². The van der Waals surface area contributed by atoms with Gasteiger partial charge in [0, 0.05) is 12.1 Å². The van der Waals surface area contributed by atoms with Gasteiger partial charge >= 0.3 is 6.18 Å². The van der Waals surface area contributed by atoms with Crippen molar-refractivity contribution in [2.75, 3.05) is 13.1 Å². The summed E-state index contributed by atoms with van der Waals surface area (Å²) in [6, 6.07) is 3.29. The summed E-state index contributed by atoms with van der Waals surface area (Å²) in [4.78, 5) is 11.2. The molecule has 1 aromatic carbocycles. The average molecular weight is 418 g/mol. The van der Waals surface area contributed by atoms with E-state index in [1.54, 1.807) is 0 Å². The molecule has 0 aliphatic heterocycles. The molecule has 4 N–H and O–H groups in total. The van der Waals surface area contributed by atoms with Gasteiger partial charge in [0.2, 0.25) is 15.9 Å². The second-order valence-electron chi connectivity index (χ2n) is 5.70. The van der Waals surface area contributed by atoms with Gasteiger partial charge in [-0.15, -0.1) is 12.4 Å². The van der Waals surface area contributed by atoms with Crippen molar-refractivity contribution in [3.8, 4) is 0 Å². The topological polar surface area (TPSA) is 101 Å². The van der Waals surface area contributed by atoms with Crippen molar-refractivity contribution in [1.82, 2.24) is 10.0 Å². The fraction of sp³-hybridized carbons (Fsp3) is 0.533. The Labute approximate surface area is 157 Å². The van der Waals surface area contributed by atoms with Gasteiger partial charge < -0.3 is 11.1 Å². The molecule has 1 aromatic rings. The summed E-state index contributed by atoms with van der Waals surface area (Å²) in [7, 11) is -4.25. The van der Waals surface area contributed by atoms with Crippen LogP contribution in [0.1, 0.15) is 32.3 Å². The fourth-order valence-corrected chi connectivity index (χ4v) is 2.95. The van der Waals surface area contributed by atoms with Crippen LogP contribution in [0.2, 0.25) is 0 Å². The highest BCUT2D eigenvalue weighted by atomic mass is 35.5. The van der Waals surface area contributed by atoms with Crippen molar-refractivity contribution in [2.45, 2.75) is 43.3 Å². The zero-order valence-corrected chi connectivity index (χ0v) is 16.0. The number of nitrogens with one attached hydrogen (secondary N) is 2. The van der Waals surface area contributed by atoms with E-state index in [4.69, 9.17) is 5.73 Å². The standard InChI is InChI=1S/C15H22F3N3O3S.ClH/c1-3-14(19,4-2)10-20-13(22)9-21-25(23,24)12-7-5-6-11(8-12)15(16,17)18;/h5-8,21H,3-4,9-10,19H2,1-2H3,(H,20,22);1H. The minimum absolute atomic E-state index is 0. The molecule has 11 heteroatoms. The first-order valence-corrected chi connectivity index (χ1v) is 9.14. The molecule has 0 atom stereocenters. The minimum Gasteiger partial charge on any atom is -0.353 e. The lowest BCUT2D eigenvalue weighted by molar-refractivity contribution is -0.137. The molecule has 0 saturated carbocycles. The van der Waals surface area contributed by atoms with Gasteiger partial charge in [-0.1, -0.05) is 19.9 Å². The number of carbonyl (C=O) groups is 1. The van der Waals surface area contributed by atoms with Gasteiger partial charge in [-0.05, 0) is 31.0 Å². The molecule has 0 saturated heterocycles. The Morgan fingerprint density at radius 3 is 2.27 bits per heavy atom. The number of sulfonamides is 1. The van der Waals surface area contributed by atoms with Crippen LogP contribution in [0.5, 0.6) is 0 Å². The Kier molecular flexibility index (Phi) is 9.04. The summed E-state index contributed by atoms with van der Waals surface area (Å²) in [6.45, 7) is 3.31. The molecule has 0 unspecified atom stereocenters. The molecule has 26 heavy (non-hydrogen) atoms. The third-order valence-electron chi connectivity index (χ3n) is 3.94. The van der Waals surface area contributed by atoms with E-state index in [0.29, 0.717) is 18.9 Å². The van der Waals surface area contributed by atoms with E-state index in [1.807, 2.05) is 18.6 Å². The third-order valence-corrected chi connectivity index (χ3v) is 5.34. The van der Waals surface area contributed by atoms with E-state index in [2.05, 4.69) is 5.32 Å². The first kappa shape index (κ1) is 24.6. The summed E-state index contributed by atoms with van der Waals surface area (Å²) in [5, 5.41) is 2.51. The number of rotatable bonds is 8. The van der Waals surface area contributed by atoms with Crippen molar-refractivity contribution in [3.05, 3.63) is 29.8 Å². The van der Waals surface area contributed by atoms with E-state index >= 15 is 0 Å². The quantitative estimate of drug-likeness (QED) is 0.602. The number of benzene rings is 1. The number of hydrogen-bond donors (Lipinski definition) is 3. The van der Waals surface area contributed by atoms with Crippen LogP contribution < -0.4 is 15.8 Å². The van der Waals surface area contributed by atoms with Gasteiger partial charge in [0.05, 0.1) is 17.0 Å². The van der Waals surface area contributed by atoms with Crippen LogP contribution >= 0.6 is 12.4 Å². The summed E-state index contributed by atoms with van der Waals surface area (Å²) in [6.07, 6.45) is -3.41. The molecule has 0 fully saturated rings. The lowest BCUT2D eigenvalue weighted by atomic mass is 9.94. The molecule has 1 amide bonds. The Hall–Kier alpha value is -1.36. The Morgan fingerprint density at radius 2 is 1.77 bits per heavy atom. The molecule has 0 spiro atoms. The maximum Gasteiger partial charge on any atom is 0.416 e. The number of halogens is 4. The molecule has 150 valence electrons. The van der Waals surface area contributed by atoms with Crippen LogP contribution in [0.4, 0.5) is 13.2 Å². The number of amides is 1. The number of nitrogens with two attached hydrogens (primary N) is 1. The Bertz CT molecular complexity index is 708. The predicted molar refractivity (Wildman–Crippen MR) is 94.4 cm³/mol. The highest BCUT2D eigenvalue weighted by molar-refractivity contribution is 7.89. The fourth-order valence-electron chi connectivity index (χ4n) is 1.92. The lowest BCUT2D eigenvalue weighted by Crippen LogP contribution is -2.50. The molecule has 0 radical (unpaired) electrons. The van der Waals surface area contributed by atoms with Gasteiger partial charge in [-0.2, -0.15) is 13.2 Å². The second kappa shape index (κ2) is 9.54. The summed E-state index contributed by atoms with van der Waals surface area (Å²) in [5.74, 6) is -0.618. The van der Waals surface area contributed by atoms with Gasteiger partial charge in [-0.3, -0.25) is 4.79 Å². The number of carbonyl (C=O) groups excluding carboxylic acids is 1. The molecular formula is C15H23ClF3N3O3S. The highest BCUT2D eigenvalue weighted by Gasteiger charge is 2.31. The van der Waals surface area contributed by atoms with Crippen molar-refractivity contribution in [2.24, 2.45) is 5.73 Å². The van der Waals surface area contributed by atoms with Crippen LogP contribution in [0, 0.1) is 0 Å². The summed E-state index contributed by atoms with van der Waals surface area (Å²) in [5.41, 5.74) is 4.34. The highest BCUT2D eigenvalue weighted by Crippen LogP contribution is 2.30. The lowest BCUT2D eigenvalue weighted by Gasteiger charge is -2.26. The van der Waals surface area contributed by atoms with Crippen LogP contribution in [0.3, 0.4) is 0 Å². The van der Waals surface area contributed by atoms with Gasteiger partial charge in [0.15, 0.2) is 0 Å². The largest absolute Gasteiger partial charge is 0.416 e. The van der Waals surface area contributed by atoms with Crippen LogP contribution in [0.25, 0.3) is 0 Å². The molecule has 0 bridgehead atoms. The summed E-state index contributed by atoms with van der Waals surface area (Å²) < 4.78 is 64.0. The van der Waals surface area contributed by atoms with Gasteiger partial charge in [0.1, 0.15) is 0 Å². The van der Waals surface area contributed by atoms with Crippen molar-refractivity contribution >= 4 is 28.3 Å². The van der Waals surface area contributed by atoms with E-state index in [9.17, 15) is 26.4 Å². The number of hydrogen-bond acceptors (Lipinski definition) is 4. The molecule has 0 heterocycles. The third kappa shape index (κ3) is 7.10. The molecular weight excluding hydrogens is 395 g/mol. The van der Waals surface area contributed by atoms with Gasteiger partial charge in [0.25, 0.3) is 0 Å². The van der Waals surface area contributed by atoms with E-state index in [0.717, 1.165) is 18.2 Å². The number of alkyl halides is 3. The zero-order valence-electron chi connectivity index (χ0n) is 14.4. The van der Waals surface area contributed by atoms with Crippen molar-refractivity contribution in [3.63, 3.8) is 0 Å². The molecule has 1 rings (SSSR count). The minimum atomic E-state index is -4.66. The Morgan fingerprint density at radius 1 is 1.19 bits per heavy atom. The average Bonchev–Trinajstić information content (AvgIpc) is 2.57. The zero-order chi connectivity index (χ0) is 19.3. The van der Waals surface area contributed by atoms with Crippen LogP contribution in [0.15, 0.2) is 29.2 Å².